The van der Waals surface area contributed by atoms with Crippen molar-refractivity contribution in [2.45, 2.75) is 45.4 Å². The second-order valence-electron chi connectivity index (χ2n) is 5.79. The highest BCUT2D eigenvalue weighted by Gasteiger charge is 2.68. The Morgan fingerprint density at radius 3 is 2.44 bits per heavy atom. The van der Waals surface area contributed by atoms with Crippen molar-refractivity contribution in [2.24, 2.45) is 5.41 Å². The molecule has 0 N–H and O–H groups in total. The lowest BCUT2D eigenvalue weighted by molar-refractivity contribution is -0.0519. The summed E-state index contributed by atoms with van der Waals surface area (Å²) in [6, 6.07) is 10.8. The van der Waals surface area contributed by atoms with E-state index in [1.54, 1.807) is 7.11 Å². The SMILES string of the molecule is COC1(N(Cl)C(C)C)CC1(C)Cc1ccccc1. The maximum atomic E-state index is 6.43. The van der Waals surface area contributed by atoms with Crippen LogP contribution in [-0.2, 0) is 11.2 Å². The third-order valence-corrected chi connectivity index (χ3v) is 4.68. The number of rotatable bonds is 5. The molecule has 1 aliphatic carbocycles. The Labute approximate surface area is 115 Å². The molecule has 1 fully saturated rings. The van der Waals surface area contributed by atoms with E-state index in [9.17, 15) is 0 Å². The molecule has 0 amide bonds. The number of hydrogen-bond donors (Lipinski definition) is 0. The molecular formula is C15H22ClNO. The van der Waals surface area contributed by atoms with Crippen LogP contribution in [0.15, 0.2) is 30.3 Å². The molecule has 100 valence electrons. The summed E-state index contributed by atoms with van der Waals surface area (Å²) >= 11 is 6.43. The molecule has 0 saturated heterocycles. The third-order valence-electron chi connectivity index (χ3n) is 4.02. The van der Waals surface area contributed by atoms with Crippen molar-refractivity contribution < 1.29 is 4.74 Å². The molecule has 2 nitrogen and oxygen atoms in total. The van der Waals surface area contributed by atoms with E-state index >= 15 is 0 Å². The van der Waals surface area contributed by atoms with Gasteiger partial charge in [-0.3, -0.25) is 0 Å². The topological polar surface area (TPSA) is 12.5 Å². The maximum Gasteiger partial charge on any atom is 0.141 e. The van der Waals surface area contributed by atoms with Crippen LogP contribution >= 0.6 is 11.8 Å². The van der Waals surface area contributed by atoms with E-state index in [1.165, 1.54) is 5.56 Å². The van der Waals surface area contributed by atoms with Crippen molar-refractivity contribution in [1.82, 2.24) is 4.42 Å². The van der Waals surface area contributed by atoms with Crippen LogP contribution in [0.4, 0.5) is 0 Å². The Morgan fingerprint density at radius 2 is 1.94 bits per heavy atom. The van der Waals surface area contributed by atoms with Gasteiger partial charge in [0.2, 0.25) is 0 Å². The lowest BCUT2D eigenvalue weighted by Crippen LogP contribution is -2.41. The first-order chi connectivity index (χ1) is 8.45. The highest BCUT2D eigenvalue weighted by atomic mass is 35.5. The van der Waals surface area contributed by atoms with E-state index in [4.69, 9.17) is 16.5 Å². The molecule has 2 atom stereocenters. The molecule has 1 aromatic carbocycles. The van der Waals surface area contributed by atoms with Crippen molar-refractivity contribution in [3.8, 4) is 0 Å². The van der Waals surface area contributed by atoms with Crippen LogP contribution < -0.4 is 0 Å². The molecule has 3 heteroatoms. The second kappa shape index (κ2) is 4.84. The molecule has 1 saturated carbocycles. The molecule has 0 spiro atoms. The molecule has 0 aromatic heterocycles. The van der Waals surface area contributed by atoms with Crippen LogP contribution in [0.25, 0.3) is 0 Å². The molecule has 0 heterocycles. The highest BCUT2D eigenvalue weighted by molar-refractivity contribution is 6.14. The minimum absolute atomic E-state index is 0.0924. The van der Waals surface area contributed by atoms with Gasteiger partial charge >= 0.3 is 0 Å². The van der Waals surface area contributed by atoms with E-state index in [2.05, 4.69) is 45.0 Å². The molecule has 1 aromatic rings. The van der Waals surface area contributed by atoms with E-state index < -0.39 is 0 Å². The smallest absolute Gasteiger partial charge is 0.141 e. The van der Waals surface area contributed by atoms with Gasteiger partial charge in [0.05, 0.1) is 0 Å². The van der Waals surface area contributed by atoms with Gasteiger partial charge in [0.15, 0.2) is 0 Å². The quantitative estimate of drug-likeness (QED) is 0.594. The first-order valence-corrected chi connectivity index (χ1v) is 6.83. The molecular weight excluding hydrogens is 246 g/mol. The maximum absolute atomic E-state index is 6.43. The Kier molecular flexibility index (Phi) is 3.72. The highest BCUT2D eigenvalue weighted by Crippen LogP contribution is 2.62. The van der Waals surface area contributed by atoms with Crippen LogP contribution in [0.3, 0.4) is 0 Å². The standard InChI is InChI=1S/C15H22ClNO/c1-12(2)17(16)15(18-4)11-14(15,3)10-13-8-6-5-7-9-13/h5-9,12H,10-11H2,1-4H3. The summed E-state index contributed by atoms with van der Waals surface area (Å²) < 4.78 is 7.60. The van der Waals surface area contributed by atoms with Gasteiger partial charge in [-0.15, -0.1) is 0 Å². The number of benzene rings is 1. The van der Waals surface area contributed by atoms with Gasteiger partial charge in [-0.2, -0.15) is 4.42 Å². The fourth-order valence-electron chi connectivity index (χ4n) is 2.89. The number of ether oxygens (including phenoxy) is 1. The normalized spacial score (nSPS) is 31.1. The summed E-state index contributed by atoms with van der Waals surface area (Å²) in [5.74, 6) is 0. The second-order valence-corrected chi connectivity index (χ2v) is 6.16. The third kappa shape index (κ3) is 2.18. The Morgan fingerprint density at radius 1 is 1.33 bits per heavy atom. The summed E-state index contributed by atoms with van der Waals surface area (Å²) in [5.41, 5.74) is 1.11. The Balaban J connectivity index is 2.15. The van der Waals surface area contributed by atoms with Crippen molar-refractivity contribution >= 4 is 11.8 Å². The van der Waals surface area contributed by atoms with Gasteiger partial charge in [0.1, 0.15) is 5.72 Å². The number of nitrogens with zero attached hydrogens (tertiary/aromatic N) is 1. The van der Waals surface area contributed by atoms with Crippen molar-refractivity contribution in [1.29, 1.82) is 0 Å². The fraction of sp³-hybridized carbons (Fsp3) is 0.600. The zero-order valence-electron chi connectivity index (χ0n) is 11.6. The summed E-state index contributed by atoms with van der Waals surface area (Å²) in [4.78, 5) is 0. The lowest BCUT2D eigenvalue weighted by Gasteiger charge is -2.31. The number of hydrogen-bond acceptors (Lipinski definition) is 2. The zero-order chi connectivity index (χ0) is 13.4. The van der Waals surface area contributed by atoms with Crippen molar-refractivity contribution in [3.05, 3.63) is 35.9 Å². The van der Waals surface area contributed by atoms with Gasteiger partial charge in [-0.05, 0) is 37.6 Å². The van der Waals surface area contributed by atoms with Gasteiger partial charge in [0, 0.05) is 25.0 Å². The molecule has 2 unspecified atom stereocenters. The molecule has 18 heavy (non-hydrogen) atoms. The van der Waals surface area contributed by atoms with Gasteiger partial charge < -0.3 is 4.74 Å². The largest absolute Gasteiger partial charge is 0.362 e. The van der Waals surface area contributed by atoms with Gasteiger partial charge in [0.25, 0.3) is 0 Å². The molecule has 1 aliphatic rings. The number of methoxy groups -OCH3 is 1. The lowest BCUT2D eigenvalue weighted by atomic mass is 9.96. The van der Waals surface area contributed by atoms with Crippen molar-refractivity contribution in [3.63, 3.8) is 0 Å². The first-order valence-electron chi connectivity index (χ1n) is 6.49. The molecule has 0 radical (unpaired) electrons. The zero-order valence-corrected chi connectivity index (χ0v) is 12.4. The van der Waals surface area contributed by atoms with Crippen LogP contribution in [0.2, 0.25) is 0 Å². The minimum Gasteiger partial charge on any atom is -0.362 e. The van der Waals surface area contributed by atoms with E-state index in [0.717, 1.165) is 12.8 Å². The summed E-state index contributed by atoms with van der Waals surface area (Å²) in [6.07, 6.45) is 1.98. The Bertz CT molecular complexity index is 408. The molecule has 0 aliphatic heterocycles. The Hall–Kier alpha value is -0.570. The minimum atomic E-state index is -0.321. The van der Waals surface area contributed by atoms with Crippen molar-refractivity contribution in [2.75, 3.05) is 7.11 Å². The fourth-order valence-corrected chi connectivity index (χ4v) is 3.22. The van der Waals surface area contributed by atoms with Crippen LogP contribution in [-0.4, -0.2) is 23.3 Å². The first kappa shape index (κ1) is 13.9. The van der Waals surface area contributed by atoms with E-state index in [0.29, 0.717) is 0 Å². The van der Waals surface area contributed by atoms with Crippen LogP contribution in [0.5, 0.6) is 0 Å². The van der Waals surface area contributed by atoms with E-state index in [1.807, 2.05) is 10.5 Å². The summed E-state index contributed by atoms with van der Waals surface area (Å²) in [6.45, 7) is 6.44. The van der Waals surface area contributed by atoms with Gasteiger partial charge in [-0.25, -0.2) is 0 Å². The predicted octanol–water partition coefficient (Wildman–Crippen LogP) is 3.85. The average molecular weight is 268 g/mol. The van der Waals surface area contributed by atoms with Gasteiger partial charge in [-0.1, -0.05) is 37.3 Å². The predicted molar refractivity (Wildman–Crippen MR) is 75.4 cm³/mol. The summed E-state index contributed by atoms with van der Waals surface area (Å²) in [5, 5.41) is 0. The molecule has 2 rings (SSSR count). The van der Waals surface area contributed by atoms with Crippen LogP contribution in [0, 0.1) is 5.41 Å². The molecule has 0 bridgehead atoms. The monoisotopic (exact) mass is 267 g/mol. The summed E-state index contributed by atoms with van der Waals surface area (Å²) in [7, 11) is 1.76. The average Bonchev–Trinajstić information content (AvgIpc) is 2.95. The van der Waals surface area contributed by atoms with E-state index in [-0.39, 0.29) is 17.2 Å². The van der Waals surface area contributed by atoms with Crippen LogP contribution in [0.1, 0.15) is 32.8 Å². The number of halogens is 1.